The maximum Gasteiger partial charge on any atom is 0.261 e. The van der Waals surface area contributed by atoms with Gasteiger partial charge in [0, 0.05) is 32.7 Å². The first-order chi connectivity index (χ1) is 7.66. The number of nitrogens with zero attached hydrogens (tertiary/aromatic N) is 1. The predicted octanol–water partition coefficient (Wildman–Crippen LogP) is 1.10. The molecule has 3 nitrogen and oxygen atoms in total. The van der Waals surface area contributed by atoms with Crippen molar-refractivity contribution in [1.82, 2.24) is 10.2 Å². The molecule has 0 unspecified atom stereocenters. The number of likely N-dealkylation sites (tertiary alicyclic amines) is 1. The van der Waals surface area contributed by atoms with Gasteiger partial charge >= 0.3 is 0 Å². The van der Waals surface area contributed by atoms with Crippen LogP contribution in [0.15, 0.2) is 0 Å². The minimum Gasteiger partial charge on any atom is -0.377 e. The molecule has 0 amide bonds. The van der Waals surface area contributed by atoms with Crippen molar-refractivity contribution in [2.45, 2.75) is 31.3 Å². The standard InChI is InChI=1S/C11H20F2N2O/c12-11(13)3-6-15(9-11)5-1-7-16-10-2-4-14-8-10/h10,14H,1-9H2/t10-/m1/s1. The van der Waals surface area contributed by atoms with Crippen LogP contribution in [0.1, 0.15) is 19.3 Å². The molecule has 0 aromatic heterocycles. The van der Waals surface area contributed by atoms with Gasteiger partial charge in [-0.2, -0.15) is 0 Å². The number of hydrogen-bond donors (Lipinski definition) is 1. The summed E-state index contributed by atoms with van der Waals surface area (Å²) < 4.78 is 31.4. The lowest BCUT2D eigenvalue weighted by molar-refractivity contribution is 0.0101. The van der Waals surface area contributed by atoms with E-state index in [1.807, 2.05) is 4.90 Å². The number of alkyl halides is 2. The Morgan fingerprint density at radius 1 is 1.44 bits per heavy atom. The molecule has 0 aromatic rings. The molecular formula is C11H20F2N2O. The van der Waals surface area contributed by atoms with Crippen LogP contribution in [-0.2, 0) is 4.74 Å². The van der Waals surface area contributed by atoms with Crippen LogP contribution in [0, 0.1) is 0 Å². The fourth-order valence-corrected chi connectivity index (χ4v) is 2.31. The molecule has 5 heteroatoms. The number of rotatable bonds is 5. The van der Waals surface area contributed by atoms with Gasteiger partial charge in [0.1, 0.15) is 0 Å². The minimum absolute atomic E-state index is 0.0143. The molecule has 2 aliphatic heterocycles. The second-order valence-corrected chi connectivity index (χ2v) is 4.72. The molecule has 2 saturated heterocycles. The molecule has 16 heavy (non-hydrogen) atoms. The Morgan fingerprint density at radius 3 is 2.94 bits per heavy atom. The van der Waals surface area contributed by atoms with Gasteiger partial charge in [-0.3, -0.25) is 4.90 Å². The average Bonchev–Trinajstić information content (AvgIpc) is 2.82. The van der Waals surface area contributed by atoms with E-state index in [4.69, 9.17) is 4.74 Å². The first-order valence-electron chi connectivity index (χ1n) is 6.08. The molecule has 0 bridgehead atoms. The van der Waals surface area contributed by atoms with Crippen molar-refractivity contribution >= 4 is 0 Å². The van der Waals surface area contributed by atoms with E-state index in [2.05, 4.69) is 5.32 Å². The Balaban J connectivity index is 1.51. The first-order valence-corrected chi connectivity index (χ1v) is 6.08. The summed E-state index contributed by atoms with van der Waals surface area (Å²) in [6.45, 7) is 3.84. The summed E-state index contributed by atoms with van der Waals surface area (Å²) in [5, 5.41) is 3.23. The first kappa shape index (κ1) is 12.2. The van der Waals surface area contributed by atoms with Crippen molar-refractivity contribution < 1.29 is 13.5 Å². The summed E-state index contributed by atoms with van der Waals surface area (Å²) in [5.41, 5.74) is 0. The van der Waals surface area contributed by atoms with Crippen LogP contribution in [0.2, 0.25) is 0 Å². The molecule has 2 fully saturated rings. The summed E-state index contributed by atoms with van der Waals surface area (Å²) in [5.74, 6) is -2.46. The van der Waals surface area contributed by atoms with Gasteiger partial charge in [-0.25, -0.2) is 8.78 Å². The largest absolute Gasteiger partial charge is 0.377 e. The molecule has 0 spiro atoms. The van der Waals surface area contributed by atoms with Crippen LogP contribution >= 0.6 is 0 Å². The van der Waals surface area contributed by atoms with E-state index in [-0.39, 0.29) is 13.0 Å². The third-order valence-electron chi connectivity index (χ3n) is 3.24. The van der Waals surface area contributed by atoms with Crippen molar-refractivity contribution in [1.29, 1.82) is 0 Å². The monoisotopic (exact) mass is 234 g/mol. The zero-order valence-electron chi connectivity index (χ0n) is 9.55. The maximum absolute atomic E-state index is 12.9. The molecule has 1 N–H and O–H groups in total. The van der Waals surface area contributed by atoms with Gasteiger partial charge in [0.2, 0.25) is 0 Å². The van der Waals surface area contributed by atoms with E-state index in [1.165, 1.54) is 0 Å². The third kappa shape index (κ3) is 3.64. The van der Waals surface area contributed by atoms with Gasteiger partial charge in [-0.05, 0) is 19.4 Å². The van der Waals surface area contributed by atoms with Crippen molar-refractivity contribution in [3.63, 3.8) is 0 Å². The zero-order chi connectivity index (χ0) is 11.4. The van der Waals surface area contributed by atoms with E-state index >= 15 is 0 Å². The summed E-state index contributed by atoms with van der Waals surface area (Å²) >= 11 is 0. The second kappa shape index (κ2) is 5.38. The van der Waals surface area contributed by atoms with Crippen molar-refractivity contribution in [2.24, 2.45) is 0 Å². The lowest BCUT2D eigenvalue weighted by Gasteiger charge is -2.16. The Bertz CT molecular complexity index is 220. The molecule has 0 aliphatic carbocycles. The van der Waals surface area contributed by atoms with Crippen LogP contribution in [0.5, 0.6) is 0 Å². The van der Waals surface area contributed by atoms with Crippen molar-refractivity contribution in [3.05, 3.63) is 0 Å². The minimum atomic E-state index is -2.46. The Kier molecular flexibility index (Phi) is 4.10. The molecule has 0 aromatic carbocycles. The van der Waals surface area contributed by atoms with Gasteiger partial charge < -0.3 is 10.1 Å². The molecule has 94 valence electrons. The Labute approximate surface area is 95.1 Å². The summed E-state index contributed by atoms with van der Waals surface area (Å²) in [4.78, 5) is 1.83. The fourth-order valence-electron chi connectivity index (χ4n) is 2.31. The van der Waals surface area contributed by atoms with E-state index in [0.29, 0.717) is 19.3 Å². The summed E-state index contributed by atoms with van der Waals surface area (Å²) in [7, 11) is 0. The zero-order valence-corrected chi connectivity index (χ0v) is 9.55. The molecule has 2 heterocycles. The van der Waals surface area contributed by atoms with E-state index in [0.717, 1.165) is 32.5 Å². The van der Waals surface area contributed by atoms with Gasteiger partial charge in [0.25, 0.3) is 5.92 Å². The molecule has 2 aliphatic rings. The molecule has 0 saturated carbocycles. The quantitative estimate of drug-likeness (QED) is 0.721. The highest BCUT2D eigenvalue weighted by molar-refractivity contribution is 4.81. The highest BCUT2D eigenvalue weighted by Gasteiger charge is 2.37. The average molecular weight is 234 g/mol. The van der Waals surface area contributed by atoms with Crippen molar-refractivity contribution in [2.75, 3.05) is 39.3 Å². The molecule has 1 atom stereocenters. The van der Waals surface area contributed by atoms with Gasteiger partial charge in [0.15, 0.2) is 0 Å². The number of halogens is 2. The van der Waals surface area contributed by atoms with Crippen LogP contribution in [0.3, 0.4) is 0 Å². The molecule has 0 radical (unpaired) electrons. The number of nitrogens with one attached hydrogen (secondary N) is 1. The van der Waals surface area contributed by atoms with Crippen LogP contribution in [-0.4, -0.2) is 56.3 Å². The van der Waals surface area contributed by atoms with Crippen LogP contribution in [0.4, 0.5) is 8.78 Å². The fraction of sp³-hybridized carbons (Fsp3) is 1.00. The normalized spacial score (nSPS) is 30.0. The summed E-state index contributed by atoms with van der Waals surface area (Å²) in [6.07, 6.45) is 2.27. The van der Waals surface area contributed by atoms with E-state index < -0.39 is 5.92 Å². The SMILES string of the molecule is FC1(F)CCN(CCCO[C@@H]2CCNC2)C1. The van der Waals surface area contributed by atoms with Gasteiger partial charge in [0.05, 0.1) is 12.6 Å². The van der Waals surface area contributed by atoms with Crippen LogP contribution in [0.25, 0.3) is 0 Å². The predicted molar refractivity (Wildman–Crippen MR) is 57.8 cm³/mol. The summed E-state index contributed by atoms with van der Waals surface area (Å²) in [6, 6.07) is 0. The Morgan fingerprint density at radius 2 is 2.31 bits per heavy atom. The lowest BCUT2D eigenvalue weighted by Crippen LogP contribution is -2.27. The van der Waals surface area contributed by atoms with Gasteiger partial charge in [-0.1, -0.05) is 0 Å². The number of hydrogen-bond acceptors (Lipinski definition) is 3. The third-order valence-corrected chi connectivity index (χ3v) is 3.24. The van der Waals surface area contributed by atoms with Crippen LogP contribution < -0.4 is 5.32 Å². The lowest BCUT2D eigenvalue weighted by atomic mass is 10.3. The van der Waals surface area contributed by atoms with E-state index in [9.17, 15) is 8.78 Å². The molecule has 2 rings (SSSR count). The van der Waals surface area contributed by atoms with Crippen molar-refractivity contribution in [3.8, 4) is 0 Å². The highest BCUT2D eigenvalue weighted by atomic mass is 19.3. The Hall–Kier alpha value is -0.260. The van der Waals surface area contributed by atoms with E-state index in [1.54, 1.807) is 0 Å². The van der Waals surface area contributed by atoms with Gasteiger partial charge in [-0.15, -0.1) is 0 Å². The smallest absolute Gasteiger partial charge is 0.261 e. The highest BCUT2D eigenvalue weighted by Crippen LogP contribution is 2.26. The topological polar surface area (TPSA) is 24.5 Å². The maximum atomic E-state index is 12.9. The second-order valence-electron chi connectivity index (χ2n) is 4.72. The number of ether oxygens (including phenoxy) is 1. The molecular weight excluding hydrogens is 214 g/mol.